The van der Waals surface area contributed by atoms with Gasteiger partial charge < -0.3 is 4.90 Å². The van der Waals surface area contributed by atoms with Gasteiger partial charge in [-0.05, 0) is 154 Å². The maximum Gasteiger partial charge on any atom is 0.0415 e. The van der Waals surface area contributed by atoms with E-state index in [1.54, 1.807) is 0 Å². The predicted octanol–water partition coefficient (Wildman–Crippen LogP) is 16.6. The average molecular weight is 794 g/mol. The van der Waals surface area contributed by atoms with Crippen LogP contribution in [0.4, 0.5) is 5.69 Å². The van der Waals surface area contributed by atoms with Gasteiger partial charge in [0.25, 0.3) is 0 Å². The quantitative estimate of drug-likeness (QED) is 0.0848. The van der Waals surface area contributed by atoms with Crippen molar-refractivity contribution in [2.45, 2.75) is 47.0 Å². The van der Waals surface area contributed by atoms with Crippen molar-refractivity contribution in [3.05, 3.63) is 264 Å². The fourth-order valence-electron chi connectivity index (χ4n) is 7.79. The van der Waals surface area contributed by atoms with Crippen molar-refractivity contribution in [1.82, 2.24) is 0 Å². The van der Waals surface area contributed by atoms with Crippen LogP contribution in [0, 0.1) is 0 Å². The van der Waals surface area contributed by atoms with E-state index in [1.165, 1.54) is 44.2 Å². The Hall–Kier alpha value is -6.96. The maximum absolute atomic E-state index is 4.64. The highest BCUT2D eigenvalue weighted by molar-refractivity contribution is 5.87. The normalized spacial score (nSPS) is 13.6. The van der Waals surface area contributed by atoms with Crippen LogP contribution in [0.25, 0.3) is 39.6 Å². The number of hydrogen-bond acceptors (Lipinski definition) is 1. The zero-order valence-corrected chi connectivity index (χ0v) is 36.6. The molecular weight excluding hydrogens is 735 g/mol. The van der Waals surface area contributed by atoms with Crippen LogP contribution in [0.5, 0.6) is 0 Å². The van der Waals surface area contributed by atoms with Gasteiger partial charge in [0.1, 0.15) is 0 Å². The van der Waals surface area contributed by atoms with Crippen LogP contribution in [0.1, 0.15) is 62.8 Å². The van der Waals surface area contributed by atoms with E-state index in [4.69, 9.17) is 0 Å². The molecule has 1 aliphatic carbocycles. The summed E-state index contributed by atoms with van der Waals surface area (Å²) in [5.41, 5.74) is 17.4. The molecule has 6 rings (SSSR count). The molecule has 0 atom stereocenters. The molecule has 304 valence electrons. The maximum atomic E-state index is 4.64. The van der Waals surface area contributed by atoms with E-state index in [0.717, 1.165) is 75.2 Å². The molecule has 0 fully saturated rings. The van der Waals surface area contributed by atoms with Crippen LogP contribution in [0.2, 0.25) is 0 Å². The molecule has 0 unspecified atom stereocenters. The summed E-state index contributed by atoms with van der Waals surface area (Å²) in [6.07, 6.45) is 24.8. The first-order valence-electron chi connectivity index (χ1n) is 21.3. The molecule has 5 aromatic rings. The van der Waals surface area contributed by atoms with E-state index < -0.39 is 0 Å². The summed E-state index contributed by atoms with van der Waals surface area (Å²) in [7, 11) is 0. The smallest absolute Gasteiger partial charge is 0.0415 e. The van der Waals surface area contributed by atoms with Gasteiger partial charge in [0.15, 0.2) is 0 Å². The van der Waals surface area contributed by atoms with Crippen molar-refractivity contribution in [2.75, 3.05) is 11.4 Å². The molecule has 5 aromatic carbocycles. The minimum Gasteiger partial charge on any atom is -0.338 e. The molecular formula is C60H59N. The van der Waals surface area contributed by atoms with Crippen LogP contribution in [0.3, 0.4) is 0 Å². The van der Waals surface area contributed by atoms with Gasteiger partial charge in [-0.15, -0.1) is 0 Å². The van der Waals surface area contributed by atoms with E-state index in [2.05, 4.69) is 210 Å². The monoisotopic (exact) mass is 793 g/mol. The van der Waals surface area contributed by atoms with Crippen molar-refractivity contribution in [3.8, 4) is 11.1 Å². The Labute approximate surface area is 365 Å². The fourth-order valence-corrected chi connectivity index (χ4v) is 7.79. The molecule has 0 radical (unpaired) electrons. The Morgan fingerprint density at radius 2 is 1.43 bits per heavy atom. The molecule has 0 N–H and O–H groups in total. The van der Waals surface area contributed by atoms with E-state index in [-0.39, 0.29) is 0 Å². The van der Waals surface area contributed by atoms with Gasteiger partial charge in [0, 0.05) is 17.9 Å². The number of allylic oxidation sites excluding steroid dienone is 15. The Balaban J connectivity index is 1.30. The minimum atomic E-state index is 0.633. The predicted molar refractivity (Wildman–Crippen MR) is 270 cm³/mol. The Morgan fingerprint density at radius 1 is 0.705 bits per heavy atom. The first kappa shape index (κ1) is 43.6. The molecule has 1 heteroatoms. The van der Waals surface area contributed by atoms with E-state index in [1.807, 2.05) is 31.2 Å². The van der Waals surface area contributed by atoms with Gasteiger partial charge in [-0.25, -0.2) is 0 Å². The van der Waals surface area contributed by atoms with Gasteiger partial charge in [-0.1, -0.05) is 191 Å². The molecule has 1 aliphatic rings. The number of benzene rings is 5. The van der Waals surface area contributed by atoms with Crippen LogP contribution in [-0.4, -0.2) is 6.54 Å². The molecule has 0 saturated heterocycles. The summed E-state index contributed by atoms with van der Waals surface area (Å²) in [5.74, 6) is 0. The van der Waals surface area contributed by atoms with Gasteiger partial charge >= 0.3 is 0 Å². The highest BCUT2D eigenvalue weighted by Crippen LogP contribution is 2.32. The van der Waals surface area contributed by atoms with Crippen LogP contribution < -0.4 is 4.90 Å². The molecule has 0 amide bonds. The lowest BCUT2D eigenvalue weighted by molar-refractivity contribution is 0.980. The second-order valence-electron chi connectivity index (χ2n) is 15.7. The van der Waals surface area contributed by atoms with Crippen molar-refractivity contribution in [1.29, 1.82) is 0 Å². The largest absolute Gasteiger partial charge is 0.338 e. The SMILES string of the molecule is C=C/C(C)=C/C(=C)C(=C\c1ccccc1)/C(C)=C\C(=C)C(=C)/C(C)=C\C(=C)N(C/C=C\C(=C/CC)c1cccc2c1CCC=C2)c1ccc(-c2ccc3ccccc3c2)cc1. The lowest BCUT2D eigenvalue weighted by atomic mass is 9.89. The second kappa shape index (κ2) is 20.8. The molecule has 0 saturated carbocycles. The summed E-state index contributed by atoms with van der Waals surface area (Å²) >= 11 is 0. The average Bonchev–Trinajstić information content (AvgIpc) is 3.28. The molecule has 1 nitrogen and oxygen atoms in total. The fraction of sp³-hybridized carbons (Fsp3) is 0.133. The highest BCUT2D eigenvalue weighted by Gasteiger charge is 2.14. The summed E-state index contributed by atoms with van der Waals surface area (Å²) in [6.45, 7) is 31.1. The molecule has 61 heavy (non-hydrogen) atoms. The molecule has 0 heterocycles. The van der Waals surface area contributed by atoms with Crippen LogP contribution in [-0.2, 0) is 6.42 Å². The lowest BCUT2D eigenvalue weighted by Gasteiger charge is -2.25. The third-order valence-corrected chi connectivity index (χ3v) is 11.2. The van der Waals surface area contributed by atoms with Crippen molar-refractivity contribution in [3.63, 3.8) is 0 Å². The first-order valence-corrected chi connectivity index (χ1v) is 21.3. The molecule has 0 spiro atoms. The van der Waals surface area contributed by atoms with Crippen molar-refractivity contribution < 1.29 is 0 Å². The van der Waals surface area contributed by atoms with Gasteiger partial charge in [-0.3, -0.25) is 0 Å². The number of nitrogens with zero attached hydrogens (tertiary/aromatic N) is 1. The van der Waals surface area contributed by atoms with Crippen LogP contribution >= 0.6 is 0 Å². The van der Waals surface area contributed by atoms with Crippen molar-refractivity contribution >= 4 is 34.2 Å². The van der Waals surface area contributed by atoms with Crippen LogP contribution in [0.15, 0.2) is 241 Å². The summed E-state index contributed by atoms with van der Waals surface area (Å²) in [6, 6.07) is 41.0. The Kier molecular flexibility index (Phi) is 14.9. The Morgan fingerprint density at radius 3 is 2.16 bits per heavy atom. The van der Waals surface area contributed by atoms with Gasteiger partial charge in [0.2, 0.25) is 0 Å². The Bertz CT molecular complexity index is 2680. The summed E-state index contributed by atoms with van der Waals surface area (Å²) in [5, 5.41) is 2.47. The van der Waals surface area contributed by atoms with E-state index >= 15 is 0 Å². The molecule has 0 aromatic heterocycles. The number of fused-ring (bicyclic) bond motifs is 2. The van der Waals surface area contributed by atoms with E-state index in [0.29, 0.717) is 6.54 Å². The third kappa shape index (κ3) is 11.2. The molecule has 0 bridgehead atoms. The number of hydrogen-bond donors (Lipinski definition) is 0. The summed E-state index contributed by atoms with van der Waals surface area (Å²) < 4.78 is 0. The number of rotatable bonds is 17. The lowest BCUT2D eigenvalue weighted by Crippen LogP contribution is -2.21. The first-order chi connectivity index (χ1) is 29.6. The standard InChI is InChI=1S/C60H59N/c1-10-21-53(59-30-19-27-54-25-17-18-29-58(54)59)28-20-37-61(57-35-33-52(34-36-57)56-32-31-51-24-15-16-26-55(51)42-56)48(8)40-45(5)49(9)44(4)39-47(7)60(46(6)38-43(3)11-2)41-50-22-13-12-14-23-50/h11-17,19-28,30-36,38-42H,2,4,6,8-10,18,29,37H2,1,3,5,7H3/b28-20-,43-38+,45-40-,47-39-,53-21+,60-41+. The zero-order valence-electron chi connectivity index (χ0n) is 36.6. The van der Waals surface area contributed by atoms with Gasteiger partial charge in [-0.2, -0.15) is 0 Å². The van der Waals surface area contributed by atoms with Gasteiger partial charge in [0.05, 0.1) is 0 Å². The minimum absolute atomic E-state index is 0.633. The van der Waals surface area contributed by atoms with E-state index in [9.17, 15) is 0 Å². The topological polar surface area (TPSA) is 3.24 Å². The molecule has 0 aliphatic heterocycles. The highest BCUT2D eigenvalue weighted by atomic mass is 15.1. The van der Waals surface area contributed by atoms with Crippen molar-refractivity contribution in [2.24, 2.45) is 0 Å². The third-order valence-electron chi connectivity index (χ3n) is 11.2. The number of anilines is 1. The second-order valence-corrected chi connectivity index (χ2v) is 15.7. The summed E-state index contributed by atoms with van der Waals surface area (Å²) in [4.78, 5) is 2.27. The zero-order chi connectivity index (χ0) is 43.3.